The molecule has 0 amide bonds. The maximum absolute atomic E-state index is 4.78. The van der Waals surface area contributed by atoms with E-state index in [0.29, 0.717) is 10.5 Å². The van der Waals surface area contributed by atoms with Gasteiger partial charge in [-0.25, -0.2) is 0 Å². The second-order valence-corrected chi connectivity index (χ2v) is 22.3. The zero-order valence-electron chi connectivity index (χ0n) is 35.7. The lowest BCUT2D eigenvalue weighted by Gasteiger charge is -2.19. The number of allylic oxidation sites excluding steroid dienone is 4. The summed E-state index contributed by atoms with van der Waals surface area (Å²) < 4.78 is 0. The minimum Gasteiger partial charge on any atom is -1.00 e. The van der Waals surface area contributed by atoms with Crippen LogP contribution in [0.4, 0.5) is 0 Å². The largest absolute Gasteiger partial charge is 1.00 e. The Kier molecular flexibility index (Phi) is 12.8. The minimum atomic E-state index is -0.527. The van der Waals surface area contributed by atoms with Gasteiger partial charge in [-0.3, -0.25) is 0 Å². The molecule has 296 valence electrons. The van der Waals surface area contributed by atoms with Gasteiger partial charge in [-0.1, -0.05) is 114 Å². The van der Waals surface area contributed by atoms with Crippen molar-refractivity contribution in [3.05, 3.63) is 152 Å². The number of aryl methyl sites for hydroxylation is 2. The second kappa shape index (κ2) is 16.2. The monoisotopic (exact) mass is 820 g/mol. The maximum Gasteiger partial charge on any atom is 0.127 e. The number of halogens is 2. The molecule has 0 radical (unpaired) electrons. The molecule has 56 heavy (non-hydrogen) atoms. The maximum atomic E-state index is 4.78. The van der Waals surface area contributed by atoms with Gasteiger partial charge in [0.1, 0.15) is 20.3 Å². The van der Waals surface area contributed by atoms with Crippen LogP contribution in [-0.4, -0.2) is 22.2 Å². The van der Waals surface area contributed by atoms with E-state index in [2.05, 4.69) is 168 Å². The molecular formula is C52H62Cl2S2. The molecule has 0 fully saturated rings. The van der Waals surface area contributed by atoms with Gasteiger partial charge in [0, 0.05) is 46.8 Å². The molecule has 0 saturated heterocycles. The molecule has 8 rings (SSSR count). The number of rotatable bonds is 4. The third-order valence-electron chi connectivity index (χ3n) is 12.5. The Bertz CT molecular complexity index is 2230. The Morgan fingerprint density at radius 2 is 0.857 bits per heavy atom. The fourth-order valence-corrected chi connectivity index (χ4v) is 13.7. The van der Waals surface area contributed by atoms with Crippen molar-refractivity contribution >= 4 is 32.7 Å². The van der Waals surface area contributed by atoms with Crippen molar-refractivity contribution in [1.82, 2.24) is 0 Å². The first kappa shape index (κ1) is 44.0. The number of fused-ring (bicyclic) bond motifs is 6. The molecule has 4 aliphatic rings. The van der Waals surface area contributed by atoms with Crippen LogP contribution in [0.2, 0.25) is 0 Å². The lowest BCUT2D eigenvalue weighted by Crippen LogP contribution is -3.00. The Morgan fingerprint density at radius 1 is 0.518 bits per heavy atom. The van der Waals surface area contributed by atoms with Crippen LogP contribution in [0.3, 0.4) is 0 Å². The van der Waals surface area contributed by atoms with Gasteiger partial charge >= 0.3 is 0 Å². The Labute approximate surface area is 356 Å². The lowest BCUT2D eigenvalue weighted by atomic mass is 9.87. The normalized spacial score (nSPS) is 18.7. The van der Waals surface area contributed by atoms with Gasteiger partial charge in [-0.2, -0.15) is 0 Å². The van der Waals surface area contributed by atoms with E-state index in [9.17, 15) is 0 Å². The van der Waals surface area contributed by atoms with Crippen molar-refractivity contribution in [2.24, 2.45) is 10.8 Å². The summed E-state index contributed by atoms with van der Waals surface area (Å²) in [7, 11) is -1.05. The predicted molar refractivity (Wildman–Crippen MR) is 247 cm³/mol. The van der Waals surface area contributed by atoms with Gasteiger partial charge in [0.05, 0.1) is 0 Å². The van der Waals surface area contributed by atoms with Crippen LogP contribution in [-0.2, 0) is 33.8 Å². The molecule has 0 heterocycles. The molecule has 0 aliphatic heterocycles. The topological polar surface area (TPSA) is 0 Å². The summed E-state index contributed by atoms with van der Waals surface area (Å²) in [5.41, 5.74) is 23.7. The highest BCUT2D eigenvalue weighted by Gasteiger charge is 2.35. The summed E-state index contributed by atoms with van der Waals surface area (Å²) in [5, 5.41) is 0.921. The van der Waals surface area contributed by atoms with E-state index in [1.165, 1.54) is 89.1 Å². The van der Waals surface area contributed by atoms with Crippen molar-refractivity contribution in [3.63, 3.8) is 0 Å². The van der Waals surface area contributed by atoms with Crippen LogP contribution in [0.1, 0.15) is 99.9 Å². The predicted octanol–water partition coefficient (Wildman–Crippen LogP) is 6.64. The average Bonchev–Trinajstić information content (AvgIpc) is 3.88. The fraction of sp³-hybridized carbons (Fsp3) is 0.346. The van der Waals surface area contributed by atoms with Crippen molar-refractivity contribution in [2.45, 2.75) is 116 Å². The molecule has 4 aliphatic carbocycles. The van der Waals surface area contributed by atoms with E-state index in [-0.39, 0.29) is 35.6 Å². The van der Waals surface area contributed by atoms with Gasteiger partial charge in [-0.05, 0) is 131 Å². The summed E-state index contributed by atoms with van der Waals surface area (Å²) in [6.45, 7) is 27.6. The Hall–Kier alpha value is -3.14. The van der Waals surface area contributed by atoms with E-state index in [1.807, 2.05) is 0 Å². The molecular weight excluding hydrogens is 760 g/mol. The average molecular weight is 822 g/mol. The Morgan fingerprint density at radius 3 is 1.18 bits per heavy atom. The molecule has 4 aromatic carbocycles. The van der Waals surface area contributed by atoms with Gasteiger partial charge in [0.25, 0.3) is 0 Å². The zero-order chi connectivity index (χ0) is 39.0. The molecule has 0 saturated carbocycles. The fourth-order valence-electron chi connectivity index (χ4n) is 9.02. The van der Waals surface area contributed by atoms with Crippen LogP contribution < -0.4 is 24.8 Å². The van der Waals surface area contributed by atoms with E-state index in [4.69, 9.17) is 11.7 Å². The van der Waals surface area contributed by atoms with E-state index >= 15 is 0 Å². The van der Waals surface area contributed by atoms with E-state index in [0.717, 1.165) is 12.8 Å². The van der Waals surface area contributed by atoms with Crippen molar-refractivity contribution in [1.29, 1.82) is 0 Å². The lowest BCUT2D eigenvalue weighted by molar-refractivity contribution is -0.00100. The third-order valence-corrected chi connectivity index (χ3v) is 17.4. The zero-order valence-corrected chi connectivity index (χ0v) is 39.0. The molecule has 4 unspecified atom stereocenters. The standard InChI is InChI=1S/2C26H30S.2ClH/c2*1-16-13-22-21-11-9-8-10-19(21)14-23(22)25(18(16)3)27(7)24-15-20(12-17(24)2)26(4,5)6;;/h2*8-13,15,24H,7,14H2,1-6H3;2*1H. The molecule has 4 aromatic rings. The smallest absolute Gasteiger partial charge is 0.127 e. The highest BCUT2D eigenvalue weighted by Crippen LogP contribution is 2.46. The molecule has 0 nitrogen and oxygen atoms in total. The van der Waals surface area contributed by atoms with E-state index < -0.39 is 21.0 Å². The van der Waals surface area contributed by atoms with Crippen molar-refractivity contribution < 1.29 is 24.8 Å². The molecule has 4 atom stereocenters. The van der Waals surface area contributed by atoms with Gasteiger partial charge in [0.2, 0.25) is 0 Å². The second-order valence-electron chi connectivity index (χ2n) is 18.4. The highest BCUT2D eigenvalue weighted by atomic mass is 35.5. The first-order valence-corrected chi connectivity index (χ1v) is 23.0. The van der Waals surface area contributed by atoms with Crippen LogP contribution >= 0.6 is 0 Å². The van der Waals surface area contributed by atoms with Gasteiger partial charge in [0.15, 0.2) is 0 Å². The summed E-state index contributed by atoms with van der Waals surface area (Å²) in [4.78, 5) is 3.08. The first-order chi connectivity index (χ1) is 25.4. The van der Waals surface area contributed by atoms with Crippen LogP contribution in [0.25, 0.3) is 22.3 Å². The van der Waals surface area contributed by atoms with Crippen molar-refractivity contribution in [3.8, 4) is 22.3 Å². The summed E-state index contributed by atoms with van der Waals surface area (Å²) >= 11 is 0. The quantitative estimate of drug-likeness (QED) is 0.106. The van der Waals surface area contributed by atoms with Crippen molar-refractivity contribution in [2.75, 3.05) is 0 Å². The SMILES string of the molecule is C=[SH+](c1c(C)c(C)cc2c1Cc1ccccc1-2)C1C=C(C(C)(C)C)C=C1C.C=[SH+](c1c(C)c(C)cc2c1Cc1ccccc1-2)C1C=C(C(C)(C)C)C=C1C.[Cl-].[Cl-]. The van der Waals surface area contributed by atoms with Crippen LogP contribution in [0, 0.1) is 38.5 Å². The van der Waals surface area contributed by atoms with E-state index in [1.54, 1.807) is 9.79 Å². The Balaban J connectivity index is 0.000000207. The third kappa shape index (κ3) is 7.86. The summed E-state index contributed by atoms with van der Waals surface area (Å²) in [5.74, 6) is 9.56. The molecule has 0 bridgehead atoms. The summed E-state index contributed by atoms with van der Waals surface area (Å²) in [6, 6.07) is 22.6. The minimum absolute atomic E-state index is 0. The van der Waals surface area contributed by atoms with Gasteiger partial charge < -0.3 is 24.8 Å². The van der Waals surface area contributed by atoms with Gasteiger partial charge in [-0.15, -0.1) is 21.0 Å². The number of hydrogen-bond donors (Lipinski definition) is 0. The molecule has 0 N–H and O–H groups in total. The number of thiol groups is 2. The summed E-state index contributed by atoms with van der Waals surface area (Å²) in [6.07, 6.45) is 11.9. The van der Waals surface area contributed by atoms with Crippen LogP contribution in [0.5, 0.6) is 0 Å². The first-order valence-electron chi connectivity index (χ1n) is 19.8. The molecule has 4 heteroatoms. The highest BCUT2D eigenvalue weighted by molar-refractivity contribution is 7.95. The number of hydrogen-bond acceptors (Lipinski definition) is 0. The van der Waals surface area contributed by atoms with Crippen LogP contribution in [0.15, 0.2) is 117 Å². The molecule has 0 aromatic heterocycles. The number of benzene rings is 4. The molecule has 0 spiro atoms.